The maximum absolute atomic E-state index is 11.9. The van der Waals surface area contributed by atoms with Gasteiger partial charge >= 0.3 is 0 Å². The fourth-order valence-electron chi connectivity index (χ4n) is 2.09. The minimum absolute atomic E-state index is 0.0243. The zero-order valence-electron chi connectivity index (χ0n) is 11.2. The molecule has 0 fully saturated rings. The number of nitrogen functional groups attached to an aromatic ring is 1. The van der Waals surface area contributed by atoms with Gasteiger partial charge in [-0.1, -0.05) is 15.9 Å². The maximum atomic E-state index is 11.9. The topological polar surface area (TPSA) is 72.9 Å². The first kappa shape index (κ1) is 13.9. The average molecular weight is 325 g/mol. The van der Waals surface area contributed by atoms with Gasteiger partial charge in [-0.25, -0.2) is 4.98 Å². The second kappa shape index (κ2) is 4.85. The predicted octanol–water partition coefficient (Wildman–Crippen LogP) is 2.15. The molecule has 5 nitrogen and oxygen atoms in total. The zero-order valence-corrected chi connectivity index (χ0v) is 12.8. The number of hydrogen-bond acceptors (Lipinski definition) is 3. The Hall–Kier alpha value is -1.56. The van der Waals surface area contributed by atoms with Crippen LogP contribution in [0.15, 0.2) is 22.7 Å². The predicted molar refractivity (Wildman–Crippen MR) is 79.7 cm³/mol. The third-order valence-electron chi connectivity index (χ3n) is 3.13. The van der Waals surface area contributed by atoms with E-state index in [-0.39, 0.29) is 5.91 Å². The van der Waals surface area contributed by atoms with E-state index < -0.39 is 5.41 Å². The second-order valence-electron chi connectivity index (χ2n) is 5.15. The molecule has 102 valence electrons. The van der Waals surface area contributed by atoms with Crippen LogP contribution in [0.3, 0.4) is 0 Å². The van der Waals surface area contributed by atoms with Gasteiger partial charge in [0.15, 0.2) is 0 Å². The molecule has 0 saturated carbocycles. The van der Waals surface area contributed by atoms with Gasteiger partial charge in [0.2, 0.25) is 11.9 Å². The summed E-state index contributed by atoms with van der Waals surface area (Å²) in [4.78, 5) is 16.2. The number of carbonyl (C=O) groups is 1. The molecule has 1 aromatic carbocycles. The molecule has 0 aliphatic rings. The number of benzene rings is 1. The quantitative estimate of drug-likeness (QED) is 0.908. The lowest BCUT2D eigenvalue weighted by Crippen LogP contribution is -2.37. The highest BCUT2D eigenvalue weighted by Gasteiger charge is 2.28. The van der Waals surface area contributed by atoms with Gasteiger partial charge in [-0.05, 0) is 32.0 Å². The van der Waals surface area contributed by atoms with E-state index in [0.29, 0.717) is 12.5 Å². The highest BCUT2D eigenvalue weighted by molar-refractivity contribution is 9.10. The molecule has 1 heterocycles. The number of amides is 1. The van der Waals surface area contributed by atoms with Crippen molar-refractivity contribution in [1.82, 2.24) is 14.9 Å². The Morgan fingerprint density at radius 3 is 2.84 bits per heavy atom. The number of hydrogen-bond donors (Lipinski definition) is 2. The van der Waals surface area contributed by atoms with Crippen molar-refractivity contribution in [3.8, 4) is 0 Å². The first-order valence-corrected chi connectivity index (χ1v) is 6.78. The number of carbonyl (C=O) groups excluding carboxylic acids is 1. The lowest BCUT2D eigenvalue weighted by molar-refractivity contribution is -0.129. The Morgan fingerprint density at radius 1 is 1.53 bits per heavy atom. The summed E-state index contributed by atoms with van der Waals surface area (Å²) in [7, 11) is 1.63. The molecule has 0 spiro atoms. The number of nitrogens with zero attached hydrogens (tertiary/aromatic N) is 2. The van der Waals surface area contributed by atoms with Gasteiger partial charge in [-0.2, -0.15) is 0 Å². The van der Waals surface area contributed by atoms with E-state index in [2.05, 4.69) is 26.2 Å². The number of anilines is 1. The van der Waals surface area contributed by atoms with Crippen LogP contribution in [-0.4, -0.2) is 22.5 Å². The molecule has 6 heteroatoms. The second-order valence-corrected chi connectivity index (χ2v) is 6.07. The van der Waals surface area contributed by atoms with Gasteiger partial charge in [-0.3, -0.25) is 4.79 Å². The monoisotopic (exact) mass is 324 g/mol. The van der Waals surface area contributed by atoms with E-state index in [1.165, 1.54) is 0 Å². The molecule has 1 amide bonds. The molecule has 1 aromatic heterocycles. The number of nitrogens with one attached hydrogen (secondary N) is 1. The number of nitrogens with two attached hydrogens (primary N) is 1. The van der Waals surface area contributed by atoms with Gasteiger partial charge in [0.1, 0.15) is 0 Å². The summed E-state index contributed by atoms with van der Waals surface area (Å²) >= 11 is 3.44. The fourth-order valence-corrected chi connectivity index (χ4v) is 2.44. The number of rotatable bonds is 3. The number of halogens is 1. The molecule has 0 aliphatic heterocycles. The highest BCUT2D eigenvalue weighted by Crippen LogP contribution is 2.27. The summed E-state index contributed by atoms with van der Waals surface area (Å²) in [6.07, 6.45) is 0. The summed E-state index contributed by atoms with van der Waals surface area (Å²) in [6, 6.07) is 5.78. The summed E-state index contributed by atoms with van der Waals surface area (Å²) in [5, 5.41) is 2.67. The lowest BCUT2D eigenvalue weighted by atomic mass is 9.92. The van der Waals surface area contributed by atoms with E-state index in [4.69, 9.17) is 5.73 Å². The molecule has 3 N–H and O–H groups in total. The smallest absolute Gasteiger partial charge is 0.227 e. The Morgan fingerprint density at radius 2 is 2.21 bits per heavy atom. The van der Waals surface area contributed by atoms with Gasteiger partial charge < -0.3 is 15.6 Å². The molecule has 0 radical (unpaired) electrons. The van der Waals surface area contributed by atoms with Crippen LogP contribution in [0.5, 0.6) is 0 Å². The Bertz CT molecular complexity index is 633. The molecule has 2 rings (SSSR count). The van der Waals surface area contributed by atoms with Gasteiger partial charge in [0, 0.05) is 18.1 Å². The van der Waals surface area contributed by atoms with Gasteiger partial charge in [0.05, 0.1) is 16.4 Å². The molecule has 0 unspecified atom stereocenters. The molecular weight excluding hydrogens is 308 g/mol. The Kier molecular flexibility index (Phi) is 3.54. The molecule has 0 saturated heterocycles. The largest absolute Gasteiger partial charge is 0.369 e. The van der Waals surface area contributed by atoms with E-state index in [0.717, 1.165) is 15.5 Å². The molecule has 0 aliphatic carbocycles. The van der Waals surface area contributed by atoms with E-state index in [1.54, 1.807) is 7.05 Å². The van der Waals surface area contributed by atoms with Crippen LogP contribution in [0.1, 0.15) is 13.8 Å². The molecule has 19 heavy (non-hydrogen) atoms. The molecule has 0 bridgehead atoms. The standard InChI is InChI=1S/C13H17BrN4O/c1-13(2,11(19)16-3)7-18-10-6-8(14)4-5-9(10)17-12(18)15/h4-6H,7H2,1-3H3,(H2,15,17)(H,16,19). The van der Waals surface area contributed by atoms with Gasteiger partial charge in [-0.15, -0.1) is 0 Å². The van der Waals surface area contributed by atoms with E-state index in [9.17, 15) is 4.79 Å². The minimum atomic E-state index is -0.557. The summed E-state index contributed by atoms with van der Waals surface area (Å²) in [6.45, 7) is 4.25. The highest BCUT2D eigenvalue weighted by atomic mass is 79.9. The molecule has 0 atom stereocenters. The van der Waals surface area contributed by atoms with Crippen molar-refractivity contribution in [3.05, 3.63) is 22.7 Å². The fraction of sp³-hybridized carbons (Fsp3) is 0.385. The van der Waals surface area contributed by atoms with Crippen LogP contribution in [0.25, 0.3) is 11.0 Å². The minimum Gasteiger partial charge on any atom is -0.369 e. The third-order valence-corrected chi connectivity index (χ3v) is 3.63. The first-order valence-electron chi connectivity index (χ1n) is 5.98. The van der Waals surface area contributed by atoms with Crippen molar-refractivity contribution in [2.75, 3.05) is 12.8 Å². The van der Waals surface area contributed by atoms with Crippen molar-refractivity contribution >= 4 is 38.8 Å². The Balaban J connectivity index is 2.48. The summed E-state index contributed by atoms with van der Waals surface area (Å²) < 4.78 is 2.83. The Labute approximate surface area is 120 Å². The van der Waals surface area contributed by atoms with Crippen LogP contribution in [0.4, 0.5) is 5.95 Å². The van der Waals surface area contributed by atoms with Crippen LogP contribution < -0.4 is 11.1 Å². The van der Waals surface area contributed by atoms with Crippen LogP contribution in [0.2, 0.25) is 0 Å². The number of fused-ring (bicyclic) bond motifs is 1. The number of aromatic nitrogens is 2. The average Bonchev–Trinajstić information content (AvgIpc) is 2.64. The summed E-state index contributed by atoms with van der Waals surface area (Å²) in [5.74, 6) is 0.397. The van der Waals surface area contributed by atoms with Gasteiger partial charge in [0.25, 0.3) is 0 Å². The van der Waals surface area contributed by atoms with Crippen LogP contribution >= 0.6 is 15.9 Å². The lowest BCUT2D eigenvalue weighted by Gasteiger charge is -2.23. The van der Waals surface area contributed by atoms with E-state index in [1.807, 2.05) is 36.6 Å². The molecular formula is C13H17BrN4O. The zero-order chi connectivity index (χ0) is 14.2. The van der Waals surface area contributed by atoms with Crippen molar-refractivity contribution < 1.29 is 4.79 Å². The van der Waals surface area contributed by atoms with Crippen molar-refractivity contribution in [2.45, 2.75) is 20.4 Å². The van der Waals surface area contributed by atoms with Crippen molar-refractivity contribution in [1.29, 1.82) is 0 Å². The summed E-state index contributed by atoms with van der Waals surface area (Å²) in [5.41, 5.74) is 7.15. The van der Waals surface area contributed by atoms with Crippen LogP contribution in [0, 0.1) is 5.41 Å². The molecule has 2 aromatic rings. The van der Waals surface area contributed by atoms with Crippen molar-refractivity contribution in [3.63, 3.8) is 0 Å². The number of imidazole rings is 1. The SMILES string of the molecule is CNC(=O)C(C)(C)Cn1c(N)nc2ccc(Br)cc21. The first-order chi connectivity index (χ1) is 8.85. The third kappa shape index (κ3) is 2.58. The normalized spacial score (nSPS) is 11.8. The van der Waals surface area contributed by atoms with Crippen molar-refractivity contribution in [2.24, 2.45) is 5.41 Å². The maximum Gasteiger partial charge on any atom is 0.227 e. The van der Waals surface area contributed by atoms with Crippen LogP contribution in [-0.2, 0) is 11.3 Å². The van der Waals surface area contributed by atoms with E-state index >= 15 is 0 Å².